The van der Waals surface area contributed by atoms with E-state index in [1.807, 2.05) is 18.2 Å². The van der Waals surface area contributed by atoms with Crippen molar-refractivity contribution in [3.63, 3.8) is 0 Å². The van der Waals surface area contributed by atoms with Gasteiger partial charge in [-0.05, 0) is 46.5 Å². The number of halogens is 1. The number of carbonyl (C=O) groups is 2. The van der Waals surface area contributed by atoms with Gasteiger partial charge in [0.25, 0.3) is 0 Å². The number of carboxylic acids is 1. The first-order chi connectivity index (χ1) is 10.0. The van der Waals surface area contributed by atoms with Gasteiger partial charge in [-0.2, -0.15) is 0 Å². The Morgan fingerprint density at radius 1 is 1.48 bits per heavy atom. The molecular formula is C15H18BrNO4. The SMILES string of the molecule is COc1ccc(CCC(=O)N2CC[C@@H](C(=O)O)C2)cc1Br. The number of aliphatic carboxylic acids is 1. The number of likely N-dealkylation sites (tertiary alicyclic amines) is 1. The fourth-order valence-corrected chi connectivity index (χ4v) is 3.05. The molecule has 114 valence electrons. The first kappa shape index (κ1) is 15.8. The molecule has 1 N–H and O–H groups in total. The van der Waals surface area contributed by atoms with E-state index in [4.69, 9.17) is 9.84 Å². The maximum absolute atomic E-state index is 12.1. The highest BCUT2D eigenvalue weighted by Gasteiger charge is 2.30. The second-order valence-corrected chi connectivity index (χ2v) is 5.99. The third kappa shape index (κ3) is 3.97. The largest absolute Gasteiger partial charge is 0.496 e. The van der Waals surface area contributed by atoms with Crippen LogP contribution in [0, 0.1) is 5.92 Å². The summed E-state index contributed by atoms with van der Waals surface area (Å²) in [5.74, 6) is -0.451. The number of amides is 1. The Balaban J connectivity index is 1.87. The molecule has 0 saturated carbocycles. The van der Waals surface area contributed by atoms with Crippen molar-refractivity contribution in [2.75, 3.05) is 20.2 Å². The normalized spacial score (nSPS) is 17.8. The highest BCUT2D eigenvalue weighted by molar-refractivity contribution is 9.10. The van der Waals surface area contributed by atoms with Crippen LogP contribution in [-0.4, -0.2) is 42.1 Å². The molecule has 1 aliphatic rings. The van der Waals surface area contributed by atoms with Gasteiger partial charge < -0.3 is 14.7 Å². The molecule has 1 aromatic rings. The highest BCUT2D eigenvalue weighted by atomic mass is 79.9. The summed E-state index contributed by atoms with van der Waals surface area (Å²) in [6, 6.07) is 5.73. The highest BCUT2D eigenvalue weighted by Crippen LogP contribution is 2.26. The van der Waals surface area contributed by atoms with E-state index >= 15 is 0 Å². The maximum atomic E-state index is 12.1. The van der Waals surface area contributed by atoms with Crippen LogP contribution in [0.5, 0.6) is 5.75 Å². The number of rotatable bonds is 5. The van der Waals surface area contributed by atoms with Gasteiger partial charge in [0.15, 0.2) is 0 Å². The minimum Gasteiger partial charge on any atom is -0.496 e. The Morgan fingerprint density at radius 2 is 2.24 bits per heavy atom. The van der Waals surface area contributed by atoms with Crippen LogP contribution >= 0.6 is 15.9 Å². The van der Waals surface area contributed by atoms with E-state index in [1.165, 1.54) is 0 Å². The zero-order valence-electron chi connectivity index (χ0n) is 11.8. The molecule has 5 nitrogen and oxygen atoms in total. The molecule has 0 bridgehead atoms. The van der Waals surface area contributed by atoms with E-state index in [2.05, 4.69) is 15.9 Å². The molecule has 1 fully saturated rings. The summed E-state index contributed by atoms with van der Waals surface area (Å²) in [5, 5.41) is 8.95. The number of hydrogen-bond acceptors (Lipinski definition) is 3. The molecule has 1 aromatic carbocycles. The summed E-state index contributed by atoms with van der Waals surface area (Å²) in [6.07, 6.45) is 1.58. The standard InChI is InChI=1S/C15H18BrNO4/c1-21-13-4-2-10(8-12(13)16)3-5-14(18)17-7-6-11(9-17)15(19)20/h2,4,8,11H,3,5-7,9H2,1H3,(H,19,20)/t11-/m1/s1. The van der Waals surface area contributed by atoms with Crippen molar-refractivity contribution in [2.45, 2.75) is 19.3 Å². The van der Waals surface area contributed by atoms with Crippen molar-refractivity contribution < 1.29 is 19.4 Å². The summed E-state index contributed by atoms with van der Waals surface area (Å²) in [7, 11) is 1.61. The molecule has 21 heavy (non-hydrogen) atoms. The van der Waals surface area contributed by atoms with Crippen LogP contribution in [-0.2, 0) is 16.0 Å². The van der Waals surface area contributed by atoms with Gasteiger partial charge >= 0.3 is 5.97 Å². The number of nitrogens with zero attached hydrogens (tertiary/aromatic N) is 1. The van der Waals surface area contributed by atoms with Gasteiger partial charge in [0.2, 0.25) is 5.91 Å². The molecule has 0 aliphatic carbocycles. The van der Waals surface area contributed by atoms with Gasteiger partial charge in [-0.1, -0.05) is 6.07 Å². The Morgan fingerprint density at radius 3 is 2.81 bits per heavy atom. The lowest BCUT2D eigenvalue weighted by molar-refractivity contribution is -0.141. The van der Waals surface area contributed by atoms with Gasteiger partial charge in [0.05, 0.1) is 17.5 Å². The third-order valence-electron chi connectivity index (χ3n) is 3.73. The predicted octanol–water partition coefficient (Wildman–Crippen LogP) is 2.32. The molecule has 6 heteroatoms. The average Bonchev–Trinajstić information content (AvgIpc) is 2.95. The van der Waals surface area contributed by atoms with E-state index in [-0.39, 0.29) is 5.91 Å². The molecule has 1 heterocycles. The van der Waals surface area contributed by atoms with E-state index in [9.17, 15) is 9.59 Å². The topological polar surface area (TPSA) is 66.8 Å². The van der Waals surface area contributed by atoms with Gasteiger partial charge in [0.1, 0.15) is 5.75 Å². The number of ether oxygens (including phenoxy) is 1. The second kappa shape index (κ2) is 6.93. The van der Waals surface area contributed by atoms with Crippen LogP contribution < -0.4 is 4.74 Å². The number of methoxy groups -OCH3 is 1. The van der Waals surface area contributed by atoms with Crippen LogP contribution in [0.3, 0.4) is 0 Å². The molecule has 1 aliphatic heterocycles. The lowest BCUT2D eigenvalue weighted by Crippen LogP contribution is -2.30. The van der Waals surface area contributed by atoms with Gasteiger partial charge in [-0.15, -0.1) is 0 Å². The van der Waals surface area contributed by atoms with Crippen molar-refractivity contribution in [3.8, 4) is 5.75 Å². The number of aryl methyl sites for hydroxylation is 1. The quantitative estimate of drug-likeness (QED) is 0.879. The van der Waals surface area contributed by atoms with Crippen molar-refractivity contribution in [1.82, 2.24) is 4.90 Å². The zero-order valence-corrected chi connectivity index (χ0v) is 13.4. The fourth-order valence-electron chi connectivity index (χ4n) is 2.46. The fraction of sp³-hybridized carbons (Fsp3) is 0.467. The number of carbonyl (C=O) groups excluding carboxylic acids is 1. The van der Waals surface area contributed by atoms with Crippen molar-refractivity contribution in [2.24, 2.45) is 5.92 Å². The number of hydrogen-bond donors (Lipinski definition) is 1. The molecule has 0 unspecified atom stereocenters. The number of carboxylic acid groups (broad SMARTS) is 1. The Hall–Kier alpha value is -1.56. The predicted molar refractivity (Wildman–Crippen MR) is 81.3 cm³/mol. The lowest BCUT2D eigenvalue weighted by atomic mass is 10.1. The van der Waals surface area contributed by atoms with Crippen molar-refractivity contribution in [3.05, 3.63) is 28.2 Å². The molecule has 1 amide bonds. The summed E-state index contributed by atoms with van der Waals surface area (Å²) in [6.45, 7) is 0.878. The summed E-state index contributed by atoms with van der Waals surface area (Å²) in [5.41, 5.74) is 1.05. The molecule has 1 saturated heterocycles. The van der Waals surface area contributed by atoms with Crippen LogP contribution in [0.4, 0.5) is 0 Å². The van der Waals surface area contributed by atoms with Crippen molar-refractivity contribution >= 4 is 27.8 Å². The average molecular weight is 356 g/mol. The van der Waals surface area contributed by atoms with E-state index in [1.54, 1.807) is 12.0 Å². The van der Waals surface area contributed by atoms with Crippen LogP contribution in [0.25, 0.3) is 0 Å². The Kier molecular flexibility index (Phi) is 5.22. The van der Waals surface area contributed by atoms with E-state index < -0.39 is 11.9 Å². The van der Waals surface area contributed by atoms with E-state index in [0.717, 1.165) is 15.8 Å². The molecular weight excluding hydrogens is 338 g/mol. The van der Waals surface area contributed by atoms with Crippen molar-refractivity contribution in [1.29, 1.82) is 0 Å². The molecule has 0 aromatic heterocycles. The Labute approximate surface area is 132 Å². The van der Waals surface area contributed by atoms with Crippen LogP contribution in [0.15, 0.2) is 22.7 Å². The van der Waals surface area contributed by atoms with Gasteiger partial charge in [0, 0.05) is 19.5 Å². The van der Waals surface area contributed by atoms with E-state index in [0.29, 0.717) is 32.4 Å². The molecule has 1 atom stereocenters. The summed E-state index contributed by atoms with van der Waals surface area (Å²) < 4.78 is 6.03. The monoisotopic (exact) mass is 355 g/mol. The first-order valence-electron chi connectivity index (χ1n) is 6.84. The smallest absolute Gasteiger partial charge is 0.308 e. The van der Waals surface area contributed by atoms with Crippen LogP contribution in [0.2, 0.25) is 0 Å². The summed E-state index contributed by atoms with van der Waals surface area (Å²) >= 11 is 3.42. The molecule has 0 radical (unpaired) electrons. The van der Waals surface area contributed by atoms with Gasteiger partial charge in [-0.3, -0.25) is 9.59 Å². The summed E-state index contributed by atoms with van der Waals surface area (Å²) in [4.78, 5) is 24.6. The second-order valence-electron chi connectivity index (χ2n) is 5.13. The molecule has 2 rings (SSSR count). The first-order valence-corrected chi connectivity index (χ1v) is 7.63. The van der Waals surface area contributed by atoms with Crippen LogP contribution in [0.1, 0.15) is 18.4 Å². The molecule has 0 spiro atoms. The van der Waals surface area contributed by atoms with Gasteiger partial charge in [-0.25, -0.2) is 0 Å². The maximum Gasteiger partial charge on any atom is 0.308 e. The minimum absolute atomic E-state index is 0.0192. The number of benzene rings is 1. The Bertz CT molecular complexity index is 546. The zero-order chi connectivity index (χ0) is 15.4. The third-order valence-corrected chi connectivity index (χ3v) is 4.35. The minimum atomic E-state index is -0.815. The lowest BCUT2D eigenvalue weighted by Gasteiger charge is -2.15.